The Kier molecular flexibility index (Phi) is 3.99. The zero-order chi connectivity index (χ0) is 12.4. The summed E-state index contributed by atoms with van der Waals surface area (Å²) in [4.78, 5) is 0. The molecule has 3 nitrogen and oxygen atoms in total. The summed E-state index contributed by atoms with van der Waals surface area (Å²) >= 11 is 3.62. The van der Waals surface area contributed by atoms with Gasteiger partial charge in [0.15, 0.2) is 0 Å². The van der Waals surface area contributed by atoms with Crippen molar-refractivity contribution < 1.29 is 9.47 Å². The van der Waals surface area contributed by atoms with E-state index in [1.54, 1.807) is 0 Å². The molecule has 0 bridgehead atoms. The Labute approximate surface area is 116 Å². The summed E-state index contributed by atoms with van der Waals surface area (Å²) in [6.45, 7) is 3.09. The van der Waals surface area contributed by atoms with Gasteiger partial charge in [0.05, 0.1) is 19.8 Å². The fourth-order valence-electron chi connectivity index (χ4n) is 1.89. The lowest BCUT2D eigenvalue weighted by Crippen LogP contribution is -2.35. The van der Waals surface area contributed by atoms with E-state index in [1.165, 1.54) is 24.0 Å². The molecule has 1 aliphatic carbocycles. The second-order valence-electron chi connectivity index (χ2n) is 5.05. The molecule has 1 aromatic rings. The van der Waals surface area contributed by atoms with Crippen molar-refractivity contribution in [3.05, 3.63) is 33.8 Å². The number of nitrogens with one attached hydrogen (secondary N) is 1. The first-order valence-corrected chi connectivity index (χ1v) is 7.30. The van der Waals surface area contributed by atoms with Crippen LogP contribution in [0.25, 0.3) is 0 Å². The molecular weight excluding hydrogens is 294 g/mol. The van der Waals surface area contributed by atoms with Gasteiger partial charge in [0.25, 0.3) is 0 Å². The highest BCUT2D eigenvalue weighted by Gasteiger charge is 2.20. The normalized spacial score (nSPS) is 19.8. The number of halogens is 1. The first kappa shape index (κ1) is 12.6. The van der Waals surface area contributed by atoms with Crippen LogP contribution in [0.4, 0.5) is 0 Å². The third-order valence-electron chi connectivity index (χ3n) is 3.37. The second kappa shape index (κ2) is 5.70. The van der Waals surface area contributed by atoms with E-state index in [1.807, 2.05) is 0 Å². The van der Waals surface area contributed by atoms with Crippen LogP contribution < -0.4 is 5.32 Å². The van der Waals surface area contributed by atoms with Gasteiger partial charge in [-0.3, -0.25) is 0 Å². The number of hydrogen-bond donors (Lipinski definition) is 1. The van der Waals surface area contributed by atoms with E-state index < -0.39 is 0 Å². The summed E-state index contributed by atoms with van der Waals surface area (Å²) in [5.74, 6) is 0. The SMILES string of the molecule is Brc1cc(CNC2CC2)ccc1COC1COC1. The summed E-state index contributed by atoms with van der Waals surface area (Å²) in [7, 11) is 0. The molecule has 0 radical (unpaired) electrons. The Hall–Kier alpha value is -0.420. The Balaban J connectivity index is 1.53. The minimum Gasteiger partial charge on any atom is -0.376 e. The average Bonchev–Trinajstić information content (AvgIpc) is 3.10. The quantitative estimate of drug-likeness (QED) is 0.876. The summed E-state index contributed by atoms with van der Waals surface area (Å²) in [5, 5.41) is 3.52. The maximum atomic E-state index is 5.72. The van der Waals surface area contributed by atoms with Gasteiger partial charge in [-0.1, -0.05) is 28.1 Å². The Morgan fingerprint density at radius 3 is 2.78 bits per heavy atom. The third-order valence-corrected chi connectivity index (χ3v) is 4.11. The predicted molar refractivity (Wildman–Crippen MR) is 73.4 cm³/mol. The molecule has 0 aromatic heterocycles. The van der Waals surface area contributed by atoms with Crippen molar-refractivity contribution >= 4 is 15.9 Å². The molecule has 0 atom stereocenters. The van der Waals surface area contributed by atoms with Crippen molar-refractivity contribution in [1.82, 2.24) is 5.32 Å². The Bertz CT molecular complexity index is 416. The van der Waals surface area contributed by atoms with E-state index in [2.05, 4.69) is 39.4 Å². The van der Waals surface area contributed by atoms with Crippen molar-refractivity contribution in [3.63, 3.8) is 0 Å². The molecule has 4 heteroatoms. The minimum atomic E-state index is 0.285. The summed E-state index contributed by atoms with van der Waals surface area (Å²) in [6, 6.07) is 7.26. The van der Waals surface area contributed by atoms with Crippen LogP contribution in [0.5, 0.6) is 0 Å². The second-order valence-corrected chi connectivity index (χ2v) is 5.91. The van der Waals surface area contributed by atoms with Gasteiger partial charge in [-0.05, 0) is 30.0 Å². The standard InChI is InChI=1S/C14H18BrNO2/c15-14-5-10(6-16-12-3-4-12)1-2-11(14)7-18-13-8-17-9-13/h1-2,5,12-13,16H,3-4,6-9H2. The van der Waals surface area contributed by atoms with Crippen LogP contribution in [0.2, 0.25) is 0 Å². The van der Waals surface area contributed by atoms with Gasteiger partial charge < -0.3 is 14.8 Å². The van der Waals surface area contributed by atoms with Crippen molar-refractivity contribution in [2.75, 3.05) is 13.2 Å². The first-order chi connectivity index (χ1) is 8.81. The van der Waals surface area contributed by atoms with Crippen molar-refractivity contribution in [1.29, 1.82) is 0 Å². The van der Waals surface area contributed by atoms with E-state index >= 15 is 0 Å². The van der Waals surface area contributed by atoms with E-state index in [4.69, 9.17) is 9.47 Å². The summed E-state index contributed by atoms with van der Waals surface area (Å²) < 4.78 is 11.9. The first-order valence-electron chi connectivity index (χ1n) is 6.51. The fourth-order valence-corrected chi connectivity index (χ4v) is 2.43. The molecule has 0 spiro atoms. The van der Waals surface area contributed by atoms with Gasteiger partial charge >= 0.3 is 0 Å². The molecule has 18 heavy (non-hydrogen) atoms. The van der Waals surface area contributed by atoms with E-state index in [0.717, 1.165) is 30.3 Å². The molecule has 2 aliphatic rings. The topological polar surface area (TPSA) is 30.5 Å². The van der Waals surface area contributed by atoms with Gasteiger partial charge in [-0.15, -0.1) is 0 Å². The van der Waals surface area contributed by atoms with E-state index in [0.29, 0.717) is 6.61 Å². The van der Waals surface area contributed by atoms with Crippen LogP contribution in [0.1, 0.15) is 24.0 Å². The van der Waals surface area contributed by atoms with Gasteiger partial charge in [0, 0.05) is 17.1 Å². The van der Waals surface area contributed by atoms with Crippen molar-refractivity contribution in [3.8, 4) is 0 Å². The molecule has 3 rings (SSSR count). The van der Waals surface area contributed by atoms with Crippen LogP contribution in [-0.2, 0) is 22.6 Å². The van der Waals surface area contributed by atoms with Crippen LogP contribution >= 0.6 is 15.9 Å². The monoisotopic (exact) mass is 311 g/mol. The molecule has 1 heterocycles. The molecule has 0 unspecified atom stereocenters. The fraction of sp³-hybridized carbons (Fsp3) is 0.571. The zero-order valence-corrected chi connectivity index (χ0v) is 11.9. The Morgan fingerprint density at radius 2 is 2.17 bits per heavy atom. The van der Waals surface area contributed by atoms with Crippen LogP contribution in [-0.4, -0.2) is 25.4 Å². The molecule has 1 aliphatic heterocycles. The molecular formula is C14H18BrNO2. The van der Waals surface area contributed by atoms with Gasteiger partial charge in [-0.2, -0.15) is 0 Å². The van der Waals surface area contributed by atoms with E-state index in [9.17, 15) is 0 Å². The minimum absolute atomic E-state index is 0.285. The number of rotatable bonds is 6. The van der Waals surface area contributed by atoms with Gasteiger partial charge in [0.2, 0.25) is 0 Å². The smallest absolute Gasteiger partial charge is 0.105 e. The molecule has 2 fully saturated rings. The Morgan fingerprint density at radius 1 is 1.33 bits per heavy atom. The third kappa shape index (κ3) is 3.32. The highest BCUT2D eigenvalue weighted by molar-refractivity contribution is 9.10. The van der Waals surface area contributed by atoms with Crippen LogP contribution in [0.3, 0.4) is 0 Å². The summed E-state index contributed by atoms with van der Waals surface area (Å²) in [5.41, 5.74) is 2.53. The van der Waals surface area contributed by atoms with Crippen molar-refractivity contribution in [2.45, 2.75) is 38.1 Å². The highest BCUT2D eigenvalue weighted by atomic mass is 79.9. The molecule has 1 aromatic carbocycles. The maximum absolute atomic E-state index is 5.72. The van der Waals surface area contributed by atoms with Crippen LogP contribution in [0.15, 0.2) is 22.7 Å². The average molecular weight is 312 g/mol. The molecule has 0 amide bonds. The molecule has 98 valence electrons. The van der Waals surface area contributed by atoms with E-state index in [-0.39, 0.29) is 6.10 Å². The molecule has 1 N–H and O–H groups in total. The van der Waals surface area contributed by atoms with Crippen molar-refractivity contribution in [2.24, 2.45) is 0 Å². The highest BCUT2D eigenvalue weighted by Crippen LogP contribution is 2.23. The lowest BCUT2D eigenvalue weighted by Gasteiger charge is -2.26. The number of hydrogen-bond acceptors (Lipinski definition) is 3. The van der Waals surface area contributed by atoms with Crippen LogP contribution in [0, 0.1) is 0 Å². The predicted octanol–water partition coefficient (Wildman–Crippen LogP) is 2.62. The summed E-state index contributed by atoms with van der Waals surface area (Å²) in [6.07, 6.45) is 2.95. The maximum Gasteiger partial charge on any atom is 0.105 e. The van der Waals surface area contributed by atoms with Gasteiger partial charge in [0.1, 0.15) is 6.10 Å². The van der Waals surface area contributed by atoms with Gasteiger partial charge in [-0.25, -0.2) is 0 Å². The number of benzene rings is 1. The zero-order valence-electron chi connectivity index (χ0n) is 10.3. The lowest BCUT2D eigenvalue weighted by molar-refractivity contribution is -0.135. The lowest BCUT2D eigenvalue weighted by atomic mass is 10.1. The largest absolute Gasteiger partial charge is 0.376 e. The number of ether oxygens (including phenoxy) is 2. The molecule has 1 saturated carbocycles. The molecule has 1 saturated heterocycles.